The Labute approximate surface area is 132 Å². The SMILES string of the molecule is O=C1NCCCC[C@@H]1SCc1coc(-c2ccc(F)cc2)n1. The minimum absolute atomic E-state index is 0.0199. The molecule has 0 bridgehead atoms. The van der Waals surface area contributed by atoms with E-state index in [1.54, 1.807) is 30.2 Å². The number of aromatic nitrogens is 1. The van der Waals surface area contributed by atoms with Crippen LogP contribution in [0.2, 0.25) is 0 Å². The molecule has 0 radical (unpaired) electrons. The second kappa shape index (κ2) is 6.96. The number of nitrogens with zero attached hydrogens (tertiary/aromatic N) is 1. The molecule has 0 aliphatic carbocycles. The molecule has 1 saturated heterocycles. The molecule has 1 aliphatic heterocycles. The first-order chi connectivity index (χ1) is 10.7. The maximum Gasteiger partial charge on any atom is 0.233 e. The van der Waals surface area contributed by atoms with Crippen molar-refractivity contribution in [2.45, 2.75) is 30.3 Å². The van der Waals surface area contributed by atoms with Gasteiger partial charge in [0, 0.05) is 17.9 Å². The lowest BCUT2D eigenvalue weighted by atomic mass is 10.2. The third kappa shape index (κ3) is 3.68. The smallest absolute Gasteiger partial charge is 0.233 e. The zero-order valence-electron chi connectivity index (χ0n) is 12.0. The summed E-state index contributed by atoms with van der Waals surface area (Å²) in [4.78, 5) is 16.3. The summed E-state index contributed by atoms with van der Waals surface area (Å²) in [5.41, 5.74) is 1.53. The normalized spacial score (nSPS) is 18.8. The summed E-state index contributed by atoms with van der Waals surface area (Å²) < 4.78 is 18.3. The van der Waals surface area contributed by atoms with E-state index >= 15 is 0 Å². The molecule has 1 fully saturated rings. The number of amides is 1. The van der Waals surface area contributed by atoms with Crippen LogP contribution >= 0.6 is 11.8 Å². The topological polar surface area (TPSA) is 55.1 Å². The van der Waals surface area contributed by atoms with Crippen LogP contribution in [0.15, 0.2) is 34.9 Å². The summed E-state index contributed by atoms with van der Waals surface area (Å²) in [5.74, 6) is 0.930. The van der Waals surface area contributed by atoms with E-state index < -0.39 is 0 Å². The van der Waals surface area contributed by atoms with Crippen molar-refractivity contribution in [2.75, 3.05) is 6.54 Å². The number of rotatable bonds is 4. The molecule has 1 aromatic carbocycles. The van der Waals surface area contributed by atoms with E-state index in [1.165, 1.54) is 12.1 Å². The highest BCUT2D eigenvalue weighted by Crippen LogP contribution is 2.25. The Bertz CT molecular complexity index is 642. The van der Waals surface area contributed by atoms with Crippen LogP contribution in [0.5, 0.6) is 0 Å². The fourth-order valence-electron chi connectivity index (χ4n) is 2.35. The molecule has 3 rings (SSSR count). The van der Waals surface area contributed by atoms with Gasteiger partial charge in [-0.25, -0.2) is 9.37 Å². The summed E-state index contributed by atoms with van der Waals surface area (Å²) in [6, 6.07) is 6.03. The van der Waals surface area contributed by atoms with Crippen molar-refractivity contribution in [1.29, 1.82) is 0 Å². The fourth-order valence-corrected chi connectivity index (χ4v) is 3.43. The van der Waals surface area contributed by atoms with Crippen LogP contribution in [0.1, 0.15) is 25.0 Å². The first kappa shape index (κ1) is 15.1. The average molecular weight is 320 g/mol. The van der Waals surface area contributed by atoms with Gasteiger partial charge in [-0.2, -0.15) is 0 Å². The zero-order chi connectivity index (χ0) is 15.4. The maximum absolute atomic E-state index is 12.9. The molecule has 116 valence electrons. The number of oxazole rings is 1. The average Bonchev–Trinajstić information content (AvgIpc) is 2.90. The van der Waals surface area contributed by atoms with Crippen LogP contribution < -0.4 is 5.32 Å². The quantitative estimate of drug-likeness (QED) is 0.938. The Morgan fingerprint density at radius 3 is 2.95 bits per heavy atom. The Hall–Kier alpha value is -1.82. The van der Waals surface area contributed by atoms with Gasteiger partial charge in [-0.1, -0.05) is 6.42 Å². The predicted octanol–water partition coefficient (Wildman–Crippen LogP) is 3.38. The second-order valence-corrected chi connectivity index (χ2v) is 6.43. The molecule has 1 atom stereocenters. The molecule has 22 heavy (non-hydrogen) atoms. The van der Waals surface area contributed by atoms with Crippen molar-refractivity contribution in [3.8, 4) is 11.5 Å². The summed E-state index contributed by atoms with van der Waals surface area (Å²) >= 11 is 1.59. The van der Waals surface area contributed by atoms with E-state index in [1.807, 2.05) is 0 Å². The highest BCUT2D eigenvalue weighted by atomic mass is 32.2. The minimum atomic E-state index is -0.287. The number of carbonyl (C=O) groups is 1. The molecule has 4 nitrogen and oxygen atoms in total. The van der Waals surface area contributed by atoms with Crippen molar-refractivity contribution < 1.29 is 13.6 Å². The molecule has 0 unspecified atom stereocenters. The van der Waals surface area contributed by atoms with Crippen LogP contribution in [-0.4, -0.2) is 22.7 Å². The number of carbonyl (C=O) groups excluding carboxylic acids is 1. The van der Waals surface area contributed by atoms with Gasteiger partial charge < -0.3 is 9.73 Å². The monoisotopic (exact) mass is 320 g/mol. The number of hydrogen-bond acceptors (Lipinski definition) is 4. The molecule has 6 heteroatoms. The lowest BCUT2D eigenvalue weighted by molar-refractivity contribution is -0.120. The Morgan fingerprint density at radius 1 is 1.32 bits per heavy atom. The molecular weight excluding hydrogens is 303 g/mol. The highest BCUT2D eigenvalue weighted by Gasteiger charge is 2.21. The number of hydrogen-bond donors (Lipinski definition) is 1. The predicted molar refractivity (Wildman–Crippen MR) is 83.8 cm³/mol. The van der Waals surface area contributed by atoms with Gasteiger partial charge in [-0.15, -0.1) is 11.8 Å². The lowest BCUT2D eigenvalue weighted by Crippen LogP contribution is -2.30. The fraction of sp³-hybridized carbons (Fsp3) is 0.375. The number of thioether (sulfide) groups is 1. The summed E-state index contributed by atoms with van der Waals surface area (Å²) in [6.45, 7) is 0.772. The number of nitrogens with one attached hydrogen (secondary N) is 1. The van der Waals surface area contributed by atoms with Gasteiger partial charge in [0.15, 0.2) is 0 Å². The molecular formula is C16H17FN2O2S. The van der Waals surface area contributed by atoms with Gasteiger partial charge in [0.2, 0.25) is 11.8 Å². The standard InChI is InChI=1S/C16H17FN2O2S/c17-12-6-4-11(5-7-12)16-19-13(9-21-16)10-22-14-3-1-2-8-18-15(14)20/h4-7,9,14H,1-3,8,10H2,(H,18,20)/t14-/m0/s1. The van der Waals surface area contributed by atoms with Crippen LogP contribution in [-0.2, 0) is 10.5 Å². The minimum Gasteiger partial charge on any atom is -0.444 e. The second-order valence-electron chi connectivity index (χ2n) is 5.24. The first-order valence-corrected chi connectivity index (χ1v) is 8.37. The summed E-state index contributed by atoms with van der Waals surface area (Å²) in [6.07, 6.45) is 4.61. The maximum atomic E-state index is 12.9. The van der Waals surface area contributed by atoms with Gasteiger partial charge in [0.25, 0.3) is 0 Å². The van der Waals surface area contributed by atoms with Crippen LogP contribution in [0.25, 0.3) is 11.5 Å². The summed E-state index contributed by atoms with van der Waals surface area (Å²) in [7, 11) is 0. The van der Waals surface area contributed by atoms with E-state index in [4.69, 9.17) is 4.42 Å². The van der Waals surface area contributed by atoms with Crippen molar-refractivity contribution in [3.05, 3.63) is 42.0 Å². The van der Waals surface area contributed by atoms with Crippen molar-refractivity contribution in [3.63, 3.8) is 0 Å². The Balaban J connectivity index is 1.62. The third-order valence-electron chi connectivity index (χ3n) is 3.56. The molecule has 0 saturated carbocycles. The van der Waals surface area contributed by atoms with Gasteiger partial charge >= 0.3 is 0 Å². The summed E-state index contributed by atoms with van der Waals surface area (Å²) in [5, 5.41) is 2.91. The van der Waals surface area contributed by atoms with Crippen LogP contribution in [0, 0.1) is 5.82 Å². The van der Waals surface area contributed by atoms with Crippen LogP contribution in [0.4, 0.5) is 4.39 Å². The van der Waals surface area contributed by atoms with E-state index in [9.17, 15) is 9.18 Å². The lowest BCUT2D eigenvalue weighted by Gasteiger charge is -2.11. The molecule has 2 aromatic rings. The van der Waals surface area contributed by atoms with Crippen molar-refractivity contribution >= 4 is 17.7 Å². The molecule has 1 aliphatic rings. The third-order valence-corrected chi connectivity index (χ3v) is 4.87. The van der Waals surface area contributed by atoms with Gasteiger partial charge in [0.05, 0.1) is 10.9 Å². The van der Waals surface area contributed by atoms with E-state index in [0.717, 1.165) is 37.1 Å². The Kier molecular flexibility index (Phi) is 4.77. The van der Waals surface area contributed by atoms with E-state index in [0.29, 0.717) is 11.6 Å². The number of benzene rings is 1. The Morgan fingerprint density at radius 2 is 2.14 bits per heavy atom. The largest absolute Gasteiger partial charge is 0.444 e. The molecule has 0 spiro atoms. The van der Waals surface area contributed by atoms with Gasteiger partial charge in [0.1, 0.15) is 12.1 Å². The van der Waals surface area contributed by atoms with Crippen LogP contribution in [0.3, 0.4) is 0 Å². The van der Waals surface area contributed by atoms with Crippen molar-refractivity contribution in [2.24, 2.45) is 0 Å². The van der Waals surface area contributed by atoms with Crippen molar-refractivity contribution in [1.82, 2.24) is 10.3 Å². The number of halogens is 1. The molecule has 2 heterocycles. The van der Waals surface area contributed by atoms with E-state index in [2.05, 4.69) is 10.3 Å². The first-order valence-electron chi connectivity index (χ1n) is 7.32. The molecule has 1 aromatic heterocycles. The van der Waals surface area contributed by atoms with Gasteiger partial charge in [-0.3, -0.25) is 4.79 Å². The zero-order valence-corrected chi connectivity index (χ0v) is 12.9. The molecule has 1 N–H and O–H groups in total. The highest BCUT2D eigenvalue weighted by molar-refractivity contribution is 7.99. The van der Waals surface area contributed by atoms with E-state index in [-0.39, 0.29) is 17.0 Å². The van der Waals surface area contributed by atoms with Gasteiger partial charge in [-0.05, 0) is 37.1 Å². The molecule has 1 amide bonds.